The molecule has 3 heterocycles. The van der Waals surface area contributed by atoms with Crippen LogP contribution in [0.5, 0.6) is 0 Å². The van der Waals surface area contributed by atoms with Gasteiger partial charge in [0.1, 0.15) is 6.10 Å². The summed E-state index contributed by atoms with van der Waals surface area (Å²) in [7, 11) is 0. The molecule has 3 aliphatic rings. The maximum Gasteiger partial charge on any atom is 0.223 e. The number of likely N-dealkylation sites (tertiary alicyclic amines) is 1. The van der Waals surface area contributed by atoms with Gasteiger partial charge in [0, 0.05) is 61.9 Å². The molecule has 1 aromatic heterocycles. The van der Waals surface area contributed by atoms with Crippen LogP contribution >= 0.6 is 0 Å². The van der Waals surface area contributed by atoms with Crippen molar-refractivity contribution in [1.29, 1.82) is 0 Å². The molecule has 0 spiro atoms. The summed E-state index contributed by atoms with van der Waals surface area (Å²) in [6.07, 6.45) is 8.69. The molecule has 2 aromatic rings. The summed E-state index contributed by atoms with van der Waals surface area (Å²) >= 11 is 0. The highest BCUT2D eigenvalue weighted by Crippen LogP contribution is 2.36. The summed E-state index contributed by atoms with van der Waals surface area (Å²) in [4.78, 5) is 17.0. The lowest BCUT2D eigenvalue weighted by Gasteiger charge is -2.29. The predicted octanol–water partition coefficient (Wildman–Crippen LogP) is 3.37. The molecule has 0 amide bonds. The van der Waals surface area contributed by atoms with Crippen LogP contribution in [0.2, 0.25) is 0 Å². The van der Waals surface area contributed by atoms with Gasteiger partial charge in [0.2, 0.25) is 5.96 Å². The van der Waals surface area contributed by atoms with Gasteiger partial charge < -0.3 is 25.4 Å². The molecule has 0 bridgehead atoms. The van der Waals surface area contributed by atoms with Crippen LogP contribution in [0.25, 0.3) is 10.9 Å². The fourth-order valence-corrected chi connectivity index (χ4v) is 5.13. The largest absolute Gasteiger partial charge is 0.379 e. The molecule has 0 radical (unpaired) electrons. The highest BCUT2D eigenvalue weighted by atomic mass is 16.5. The number of pyridine rings is 1. The third kappa shape index (κ3) is 5.57. The summed E-state index contributed by atoms with van der Waals surface area (Å²) in [5.74, 6) is 0.711. The van der Waals surface area contributed by atoms with Crippen LogP contribution in [0.1, 0.15) is 37.9 Å². The molecular weight excluding hydrogens is 452 g/mol. The van der Waals surface area contributed by atoms with E-state index in [0.29, 0.717) is 32.3 Å². The van der Waals surface area contributed by atoms with E-state index in [4.69, 9.17) is 30.2 Å². The molecule has 5 rings (SSSR count). The molecule has 36 heavy (non-hydrogen) atoms. The molecule has 0 saturated carbocycles. The van der Waals surface area contributed by atoms with Crippen LogP contribution in [-0.2, 0) is 9.47 Å². The lowest BCUT2D eigenvalue weighted by molar-refractivity contribution is 0.0232. The van der Waals surface area contributed by atoms with E-state index >= 15 is 0 Å². The van der Waals surface area contributed by atoms with Crippen molar-refractivity contribution in [2.75, 3.05) is 46.0 Å². The average molecular weight is 489 g/mol. The van der Waals surface area contributed by atoms with Crippen LogP contribution in [0.3, 0.4) is 0 Å². The number of nitrogens with one attached hydrogen (secondary N) is 1. The molecular formula is C28H36N6O2. The molecule has 1 atom stereocenters. The number of ether oxygens (including phenoxy) is 2. The number of nitrogens with zero attached hydrogens (tertiary/aromatic N) is 4. The Kier molecular flexibility index (Phi) is 8.18. The Balaban J connectivity index is 1.42. The lowest BCUT2D eigenvalue weighted by atomic mass is 9.92. The van der Waals surface area contributed by atoms with Crippen molar-refractivity contribution >= 4 is 22.6 Å². The third-order valence-corrected chi connectivity index (χ3v) is 6.92. The number of guanidine groups is 1. The van der Waals surface area contributed by atoms with Crippen molar-refractivity contribution in [3.8, 4) is 0 Å². The summed E-state index contributed by atoms with van der Waals surface area (Å²) in [6, 6.07) is 10.6. The van der Waals surface area contributed by atoms with Gasteiger partial charge in [-0.2, -0.15) is 0 Å². The van der Waals surface area contributed by atoms with Gasteiger partial charge in [-0.25, -0.2) is 9.98 Å². The van der Waals surface area contributed by atoms with Crippen LogP contribution in [0.4, 0.5) is 0 Å². The van der Waals surface area contributed by atoms with E-state index in [2.05, 4.69) is 46.6 Å². The number of aliphatic imine (C=N–C) groups is 2. The predicted molar refractivity (Wildman–Crippen MR) is 144 cm³/mol. The minimum atomic E-state index is -0.299. The minimum Gasteiger partial charge on any atom is -0.379 e. The molecule has 8 nitrogen and oxygen atoms in total. The van der Waals surface area contributed by atoms with Crippen molar-refractivity contribution in [1.82, 2.24) is 15.2 Å². The first-order chi connectivity index (χ1) is 17.8. The Bertz CT molecular complexity index is 1170. The minimum absolute atomic E-state index is 0.281. The highest BCUT2D eigenvalue weighted by molar-refractivity contribution is 6.16. The van der Waals surface area contributed by atoms with Crippen LogP contribution in [0, 0.1) is 0 Å². The normalized spacial score (nSPS) is 20.6. The van der Waals surface area contributed by atoms with Crippen molar-refractivity contribution in [3.05, 3.63) is 65.5 Å². The second-order valence-corrected chi connectivity index (χ2v) is 9.30. The van der Waals surface area contributed by atoms with E-state index in [9.17, 15) is 0 Å². The molecule has 8 heteroatoms. The van der Waals surface area contributed by atoms with Crippen molar-refractivity contribution < 1.29 is 9.47 Å². The first-order valence-corrected chi connectivity index (χ1v) is 13.1. The molecule has 1 saturated heterocycles. The first-order valence-electron chi connectivity index (χ1n) is 13.1. The summed E-state index contributed by atoms with van der Waals surface area (Å²) in [6.45, 7) is 7.43. The number of nitrogens with two attached hydrogens (primary N) is 1. The lowest BCUT2D eigenvalue weighted by Crippen LogP contribution is -2.38. The fraction of sp³-hybridized carbons (Fsp3) is 0.464. The fourth-order valence-electron chi connectivity index (χ4n) is 5.13. The number of benzene rings is 1. The van der Waals surface area contributed by atoms with Gasteiger partial charge in [0.15, 0.2) is 0 Å². The summed E-state index contributed by atoms with van der Waals surface area (Å²) in [5.41, 5.74) is 10.8. The topological polar surface area (TPSA) is 97.4 Å². The van der Waals surface area contributed by atoms with E-state index in [1.807, 2.05) is 19.2 Å². The molecule has 1 unspecified atom stereocenters. The zero-order chi connectivity index (χ0) is 24.7. The standard InChI is InChI=1S/C28H36N6O2/c1-2-35-18-19-36-27(22-8-3-6-20-7-5-14-30-25(20)22)23-9-4-10-24-26(23)33-28(32-24)31-21-11-15-34(16-12-21)17-13-29/h3-9,14,21,27H,2,10-13,15-19,29H2,1H3,(H,31,33). The van der Waals surface area contributed by atoms with E-state index in [-0.39, 0.29) is 12.1 Å². The van der Waals surface area contributed by atoms with E-state index in [0.717, 1.165) is 72.3 Å². The summed E-state index contributed by atoms with van der Waals surface area (Å²) < 4.78 is 12.0. The number of fused-ring (bicyclic) bond motifs is 2. The van der Waals surface area contributed by atoms with Gasteiger partial charge in [0.05, 0.1) is 36.2 Å². The first kappa shape index (κ1) is 24.8. The number of aromatic nitrogens is 1. The van der Waals surface area contributed by atoms with Crippen LogP contribution in [-0.4, -0.2) is 73.6 Å². The van der Waals surface area contributed by atoms with Gasteiger partial charge >= 0.3 is 0 Å². The van der Waals surface area contributed by atoms with E-state index < -0.39 is 0 Å². The number of hydrogen-bond donors (Lipinski definition) is 2. The maximum absolute atomic E-state index is 6.48. The number of allylic oxidation sites excluding steroid dienone is 2. The van der Waals surface area contributed by atoms with Gasteiger partial charge in [-0.3, -0.25) is 4.98 Å². The molecule has 1 fully saturated rings. The smallest absolute Gasteiger partial charge is 0.223 e. The van der Waals surface area contributed by atoms with Crippen LogP contribution in [0.15, 0.2) is 69.9 Å². The van der Waals surface area contributed by atoms with Gasteiger partial charge in [-0.15, -0.1) is 0 Å². The Morgan fingerprint density at radius 3 is 2.89 bits per heavy atom. The Labute approximate surface area is 213 Å². The zero-order valence-electron chi connectivity index (χ0n) is 21.0. The number of para-hydroxylation sites is 1. The van der Waals surface area contributed by atoms with Crippen LogP contribution < -0.4 is 11.1 Å². The zero-order valence-corrected chi connectivity index (χ0v) is 21.0. The van der Waals surface area contributed by atoms with Crippen molar-refractivity contribution in [2.24, 2.45) is 15.7 Å². The van der Waals surface area contributed by atoms with Crippen molar-refractivity contribution in [3.63, 3.8) is 0 Å². The second-order valence-electron chi connectivity index (χ2n) is 9.30. The Morgan fingerprint density at radius 2 is 2.06 bits per heavy atom. The average Bonchev–Trinajstić information content (AvgIpc) is 3.33. The van der Waals surface area contributed by atoms with Gasteiger partial charge in [-0.1, -0.05) is 36.4 Å². The molecule has 2 aliphatic heterocycles. The quantitative estimate of drug-likeness (QED) is 0.498. The Hall–Kier alpha value is -2.91. The molecule has 3 N–H and O–H groups in total. The van der Waals surface area contributed by atoms with Gasteiger partial charge in [0.25, 0.3) is 0 Å². The third-order valence-electron chi connectivity index (χ3n) is 6.92. The van der Waals surface area contributed by atoms with Crippen molar-refractivity contribution in [2.45, 2.75) is 38.3 Å². The molecule has 1 aliphatic carbocycles. The monoisotopic (exact) mass is 488 g/mol. The number of piperidine rings is 1. The molecule has 1 aromatic carbocycles. The summed E-state index contributed by atoms with van der Waals surface area (Å²) in [5, 5.41) is 4.63. The highest BCUT2D eigenvalue weighted by Gasteiger charge is 2.30. The maximum atomic E-state index is 6.48. The number of rotatable bonds is 10. The number of hydrogen-bond acceptors (Lipinski definition) is 6. The van der Waals surface area contributed by atoms with Gasteiger partial charge in [-0.05, 0) is 25.8 Å². The molecule has 190 valence electrons. The second kappa shape index (κ2) is 11.9. The Morgan fingerprint density at radius 1 is 1.19 bits per heavy atom. The van der Waals surface area contributed by atoms with E-state index in [1.54, 1.807) is 0 Å². The van der Waals surface area contributed by atoms with E-state index in [1.165, 1.54) is 0 Å². The SMILES string of the molecule is CCOCCOC(C1=C2NC(=NC3CCN(CCN)CC3)N=C2CC=C1)c1cccc2cccnc12.